The predicted octanol–water partition coefficient (Wildman–Crippen LogP) is 3.92. The summed E-state index contributed by atoms with van der Waals surface area (Å²) in [6.45, 7) is 0. The Balaban J connectivity index is 1.66. The molecule has 0 spiro atoms. The van der Waals surface area contributed by atoms with Crippen molar-refractivity contribution in [3.05, 3.63) is 76.8 Å². The van der Waals surface area contributed by atoms with Crippen molar-refractivity contribution < 1.29 is 0 Å². The van der Waals surface area contributed by atoms with Crippen LogP contribution in [0.2, 0.25) is 0 Å². The Morgan fingerprint density at radius 1 is 0.963 bits per heavy atom. The van der Waals surface area contributed by atoms with Gasteiger partial charge in [0.25, 0.3) is 0 Å². The zero-order valence-corrected chi connectivity index (χ0v) is 15.1. The highest BCUT2D eigenvalue weighted by molar-refractivity contribution is 7.18. The third kappa shape index (κ3) is 2.92. The van der Waals surface area contributed by atoms with E-state index in [4.69, 9.17) is 10.7 Å². The first kappa shape index (κ1) is 15.9. The number of anilines is 1. The molecule has 6 nitrogen and oxygen atoms in total. The van der Waals surface area contributed by atoms with E-state index >= 15 is 0 Å². The van der Waals surface area contributed by atoms with Gasteiger partial charge < -0.3 is 5.73 Å². The minimum Gasteiger partial charge on any atom is -0.384 e. The molecule has 132 valence electrons. The average Bonchev–Trinajstić information content (AvgIpc) is 3.32. The molecule has 0 amide bonds. The number of H-pyrrole nitrogens is 1. The lowest BCUT2D eigenvalue weighted by atomic mass is 9.88. The highest BCUT2D eigenvalue weighted by Crippen LogP contribution is 2.34. The van der Waals surface area contributed by atoms with Crippen molar-refractivity contribution >= 4 is 38.5 Å². The van der Waals surface area contributed by atoms with Gasteiger partial charge in [0.15, 0.2) is 0 Å². The van der Waals surface area contributed by atoms with E-state index in [2.05, 4.69) is 38.6 Å². The number of aromatic nitrogens is 5. The van der Waals surface area contributed by atoms with E-state index in [1.54, 1.807) is 11.3 Å². The number of aromatic amines is 1. The number of fused-ring (bicyclic) bond motifs is 2. The van der Waals surface area contributed by atoms with Gasteiger partial charge in [0.2, 0.25) is 5.65 Å². The van der Waals surface area contributed by atoms with Crippen molar-refractivity contribution in [2.24, 2.45) is 0 Å². The Hall–Kier alpha value is -3.32. The van der Waals surface area contributed by atoms with E-state index in [-0.39, 0.29) is 5.92 Å². The standard InChI is InChI=1S/C20H16N6S/c21-17-10-14(19-20(23-17)25-26-24-19)13(12-6-2-1-3-7-12)11-18-22-15-8-4-5-9-16(15)27-18/h1-10,13H,11H2,(H3,21,23,24,25,26). The maximum absolute atomic E-state index is 6.05. The molecule has 27 heavy (non-hydrogen) atoms. The number of hydrogen-bond donors (Lipinski definition) is 2. The Kier molecular flexibility index (Phi) is 3.79. The predicted molar refractivity (Wildman–Crippen MR) is 108 cm³/mol. The number of thiazole rings is 1. The van der Waals surface area contributed by atoms with Crippen LogP contribution in [0.1, 0.15) is 22.1 Å². The number of para-hydroxylation sites is 1. The van der Waals surface area contributed by atoms with Crippen LogP contribution < -0.4 is 5.73 Å². The molecule has 0 saturated carbocycles. The second-order valence-corrected chi connectivity index (χ2v) is 7.49. The number of benzene rings is 2. The van der Waals surface area contributed by atoms with Gasteiger partial charge in [-0.1, -0.05) is 42.5 Å². The second kappa shape index (κ2) is 6.44. The van der Waals surface area contributed by atoms with Crippen LogP contribution in [0, 0.1) is 0 Å². The normalized spacial score (nSPS) is 12.6. The van der Waals surface area contributed by atoms with Gasteiger partial charge in [-0.3, -0.25) is 0 Å². The zero-order chi connectivity index (χ0) is 18.2. The summed E-state index contributed by atoms with van der Waals surface area (Å²) in [7, 11) is 0. The highest BCUT2D eigenvalue weighted by Gasteiger charge is 2.22. The average molecular weight is 372 g/mol. The van der Waals surface area contributed by atoms with E-state index in [0.717, 1.165) is 28.0 Å². The second-order valence-electron chi connectivity index (χ2n) is 6.37. The van der Waals surface area contributed by atoms with Crippen molar-refractivity contribution in [2.75, 3.05) is 5.73 Å². The first-order valence-electron chi connectivity index (χ1n) is 8.64. The summed E-state index contributed by atoms with van der Waals surface area (Å²) in [5.41, 5.74) is 10.6. The molecule has 3 aromatic heterocycles. The number of nitrogens with one attached hydrogen (secondary N) is 1. The first-order chi connectivity index (χ1) is 13.3. The smallest absolute Gasteiger partial charge is 0.203 e. The molecule has 5 aromatic rings. The van der Waals surface area contributed by atoms with Crippen LogP contribution in [0.25, 0.3) is 21.4 Å². The molecular weight excluding hydrogens is 356 g/mol. The number of rotatable bonds is 4. The summed E-state index contributed by atoms with van der Waals surface area (Å²) < 4.78 is 1.19. The molecule has 3 heterocycles. The lowest BCUT2D eigenvalue weighted by Crippen LogP contribution is -2.07. The minimum atomic E-state index is 0.0599. The van der Waals surface area contributed by atoms with Crippen LogP contribution in [0.5, 0.6) is 0 Å². The van der Waals surface area contributed by atoms with Gasteiger partial charge in [0.05, 0.1) is 15.2 Å². The Bertz CT molecular complexity index is 1190. The van der Waals surface area contributed by atoms with Gasteiger partial charge in [-0.25, -0.2) is 9.97 Å². The van der Waals surface area contributed by atoms with Gasteiger partial charge in [-0.05, 0) is 29.3 Å². The molecule has 0 aliphatic rings. The summed E-state index contributed by atoms with van der Waals surface area (Å²) in [4.78, 5) is 9.10. The quantitative estimate of drug-likeness (QED) is 0.499. The molecule has 1 atom stereocenters. The summed E-state index contributed by atoms with van der Waals surface area (Å²) in [5.74, 6) is 0.501. The van der Waals surface area contributed by atoms with Crippen LogP contribution in [-0.2, 0) is 6.42 Å². The highest BCUT2D eigenvalue weighted by atomic mass is 32.1. The fourth-order valence-electron chi connectivity index (χ4n) is 3.42. The third-order valence-corrected chi connectivity index (χ3v) is 5.69. The van der Waals surface area contributed by atoms with Crippen molar-refractivity contribution in [1.82, 2.24) is 25.4 Å². The monoisotopic (exact) mass is 372 g/mol. The summed E-state index contributed by atoms with van der Waals surface area (Å²) in [5, 5.41) is 12.2. The summed E-state index contributed by atoms with van der Waals surface area (Å²) in [6, 6.07) is 20.5. The van der Waals surface area contributed by atoms with Crippen molar-refractivity contribution in [2.45, 2.75) is 12.3 Å². The van der Waals surface area contributed by atoms with Crippen LogP contribution in [0.4, 0.5) is 5.82 Å². The summed E-state index contributed by atoms with van der Waals surface area (Å²) >= 11 is 1.72. The van der Waals surface area contributed by atoms with Crippen LogP contribution >= 0.6 is 11.3 Å². The number of hydrogen-bond acceptors (Lipinski definition) is 6. The molecule has 0 aliphatic heterocycles. The van der Waals surface area contributed by atoms with Gasteiger partial charge in [0.1, 0.15) is 11.3 Å². The van der Waals surface area contributed by atoms with Gasteiger partial charge in [-0.2, -0.15) is 10.3 Å². The van der Waals surface area contributed by atoms with Gasteiger partial charge in [0, 0.05) is 12.3 Å². The molecule has 3 N–H and O–H groups in total. The molecule has 2 aromatic carbocycles. The van der Waals surface area contributed by atoms with Crippen molar-refractivity contribution in [3.63, 3.8) is 0 Å². The maximum Gasteiger partial charge on any atom is 0.203 e. The Morgan fingerprint density at radius 2 is 1.78 bits per heavy atom. The summed E-state index contributed by atoms with van der Waals surface area (Å²) in [6.07, 6.45) is 0.759. The lowest BCUT2D eigenvalue weighted by molar-refractivity contribution is 0.803. The Labute approximate surface area is 159 Å². The van der Waals surface area contributed by atoms with Crippen molar-refractivity contribution in [3.8, 4) is 0 Å². The van der Waals surface area contributed by atoms with E-state index in [0.29, 0.717) is 11.5 Å². The topological polar surface area (TPSA) is 93.4 Å². The molecule has 5 rings (SSSR count). The van der Waals surface area contributed by atoms with E-state index in [1.165, 1.54) is 10.3 Å². The molecule has 0 aliphatic carbocycles. The largest absolute Gasteiger partial charge is 0.384 e. The third-order valence-electron chi connectivity index (χ3n) is 4.64. The molecule has 1 unspecified atom stereocenters. The van der Waals surface area contributed by atoms with E-state index < -0.39 is 0 Å². The lowest BCUT2D eigenvalue weighted by Gasteiger charge is -2.17. The number of nitrogen functional groups attached to an aromatic ring is 1. The minimum absolute atomic E-state index is 0.0599. The zero-order valence-electron chi connectivity index (χ0n) is 14.3. The van der Waals surface area contributed by atoms with Crippen LogP contribution in [0.15, 0.2) is 60.7 Å². The van der Waals surface area contributed by atoms with Crippen LogP contribution in [0.3, 0.4) is 0 Å². The fraction of sp³-hybridized carbons (Fsp3) is 0.100. The molecule has 0 fully saturated rings. The molecule has 7 heteroatoms. The molecule has 0 bridgehead atoms. The Morgan fingerprint density at radius 3 is 2.63 bits per heavy atom. The molecule has 0 radical (unpaired) electrons. The maximum atomic E-state index is 6.05. The van der Waals surface area contributed by atoms with Crippen LogP contribution in [-0.4, -0.2) is 25.4 Å². The van der Waals surface area contributed by atoms with E-state index in [9.17, 15) is 0 Å². The number of nitrogens with two attached hydrogens (primary N) is 1. The van der Waals surface area contributed by atoms with Gasteiger partial charge in [-0.15, -0.1) is 16.4 Å². The molecular formula is C20H16N6S. The molecule has 0 saturated heterocycles. The number of pyridine rings is 1. The van der Waals surface area contributed by atoms with Gasteiger partial charge >= 0.3 is 0 Å². The SMILES string of the molecule is Nc1cc(C(Cc2nc3ccccc3s2)c2ccccc2)c2n[nH]nc2n1. The number of nitrogens with zero attached hydrogens (tertiary/aromatic N) is 4. The fourth-order valence-corrected chi connectivity index (χ4v) is 4.43. The van der Waals surface area contributed by atoms with E-state index in [1.807, 2.05) is 42.5 Å². The van der Waals surface area contributed by atoms with Crippen molar-refractivity contribution in [1.29, 1.82) is 0 Å². The first-order valence-corrected chi connectivity index (χ1v) is 9.46.